The van der Waals surface area contributed by atoms with Crippen molar-refractivity contribution < 1.29 is 24.9 Å². The number of carbonyl (C=O) groups is 2. The Morgan fingerprint density at radius 1 is 1.33 bits per heavy atom. The molecule has 6 nitrogen and oxygen atoms in total. The number of imide groups is 1. The van der Waals surface area contributed by atoms with Gasteiger partial charge in [0.1, 0.15) is 0 Å². The topological polar surface area (TPSA) is 98.1 Å². The van der Waals surface area contributed by atoms with Gasteiger partial charge in [-0.3, -0.25) is 0 Å². The Morgan fingerprint density at radius 3 is 2.00 bits per heavy atom. The first-order valence-corrected chi connectivity index (χ1v) is 3.33. The summed E-state index contributed by atoms with van der Waals surface area (Å²) in [7, 11) is 0. The van der Waals surface area contributed by atoms with E-state index in [1.165, 1.54) is 0 Å². The maximum atomic E-state index is 10.3. The highest BCUT2D eigenvalue weighted by atomic mass is 16.4. The van der Waals surface area contributed by atoms with Gasteiger partial charge in [-0.1, -0.05) is 6.92 Å². The van der Waals surface area contributed by atoms with Crippen LogP contribution in [-0.2, 0) is 0 Å². The van der Waals surface area contributed by atoms with Gasteiger partial charge in [-0.15, -0.1) is 0 Å². The SMILES string of the molecule is C[C@H](CO)CN(C(=O)O)C(=O)O. The van der Waals surface area contributed by atoms with Gasteiger partial charge in [0.15, 0.2) is 0 Å². The lowest BCUT2D eigenvalue weighted by Crippen LogP contribution is -2.38. The summed E-state index contributed by atoms with van der Waals surface area (Å²) < 4.78 is 0. The van der Waals surface area contributed by atoms with Gasteiger partial charge in [-0.05, 0) is 5.92 Å². The van der Waals surface area contributed by atoms with Crippen molar-refractivity contribution in [2.45, 2.75) is 6.92 Å². The highest BCUT2D eigenvalue weighted by Gasteiger charge is 2.21. The summed E-state index contributed by atoms with van der Waals surface area (Å²) in [5.41, 5.74) is 0. The average Bonchev–Trinajstić information content (AvgIpc) is 1.98. The molecule has 6 heteroatoms. The molecule has 0 aliphatic carbocycles. The van der Waals surface area contributed by atoms with Crippen molar-refractivity contribution in [3.8, 4) is 0 Å². The van der Waals surface area contributed by atoms with Crippen LogP contribution in [0, 0.1) is 5.92 Å². The van der Waals surface area contributed by atoms with Gasteiger partial charge < -0.3 is 15.3 Å². The number of rotatable bonds is 3. The van der Waals surface area contributed by atoms with Gasteiger partial charge >= 0.3 is 12.2 Å². The van der Waals surface area contributed by atoms with E-state index in [0.717, 1.165) is 0 Å². The van der Waals surface area contributed by atoms with Crippen molar-refractivity contribution in [2.75, 3.05) is 13.2 Å². The molecule has 0 aliphatic rings. The molecule has 0 aromatic heterocycles. The molecular formula is C6H11NO5. The average molecular weight is 177 g/mol. The van der Waals surface area contributed by atoms with Crippen LogP contribution >= 0.6 is 0 Å². The Morgan fingerprint density at radius 2 is 1.75 bits per heavy atom. The molecule has 2 amide bonds. The van der Waals surface area contributed by atoms with Crippen LogP contribution in [0.2, 0.25) is 0 Å². The molecule has 0 saturated carbocycles. The molecule has 0 rings (SSSR count). The minimum atomic E-state index is -1.53. The van der Waals surface area contributed by atoms with Crippen molar-refractivity contribution >= 4 is 12.2 Å². The van der Waals surface area contributed by atoms with Gasteiger partial charge in [0.05, 0.1) is 0 Å². The maximum absolute atomic E-state index is 10.3. The predicted octanol–water partition coefficient (Wildman–Crippen LogP) is 0.273. The van der Waals surface area contributed by atoms with E-state index in [2.05, 4.69) is 0 Å². The number of hydrogen-bond donors (Lipinski definition) is 3. The van der Waals surface area contributed by atoms with Crippen molar-refractivity contribution in [1.82, 2.24) is 4.90 Å². The van der Waals surface area contributed by atoms with E-state index in [1.54, 1.807) is 6.92 Å². The van der Waals surface area contributed by atoms with Crippen LogP contribution < -0.4 is 0 Å². The molecule has 70 valence electrons. The molecule has 3 N–H and O–H groups in total. The second-order valence-electron chi connectivity index (χ2n) is 2.46. The molecule has 0 radical (unpaired) electrons. The van der Waals surface area contributed by atoms with Crippen molar-refractivity contribution in [3.05, 3.63) is 0 Å². The first-order valence-electron chi connectivity index (χ1n) is 3.33. The van der Waals surface area contributed by atoms with Crippen LogP contribution in [0.5, 0.6) is 0 Å². The minimum Gasteiger partial charge on any atom is -0.465 e. The van der Waals surface area contributed by atoms with Crippen molar-refractivity contribution in [3.63, 3.8) is 0 Å². The number of aliphatic hydroxyl groups excluding tert-OH is 1. The molecule has 0 bridgehead atoms. The highest BCUT2D eigenvalue weighted by molar-refractivity contribution is 5.85. The summed E-state index contributed by atoms with van der Waals surface area (Å²) in [5, 5.41) is 25.2. The number of nitrogens with zero attached hydrogens (tertiary/aromatic N) is 1. The summed E-state index contributed by atoms with van der Waals surface area (Å²) in [6.45, 7) is 1.11. The molecular weight excluding hydrogens is 166 g/mol. The molecule has 0 heterocycles. The number of amides is 2. The van der Waals surface area contributed by atoms with E-state index in [-0.39, 0.29) is 24.0 Å². The zero-order chi connectivity index (χ0) is 9.72. The summed E-state index contributed by atoms with van der Waals surface area (Å²) in [5.74, 6) is -0.378. The van der Waals surface area contributed by atoms with Gasteiger partial charge in [0.2, 0.25) is 0 Å². The molecule has 0 aromatic rings. The standard InChI is InChI=1S/C6H11NO5/c1-4(3-8)2-7(5(9)10)6(11)12/h4,8H,2-3H2,1H3,(H,9,10)(H,11,12)/t4-/m0/s1. The van der Waals surface area contributed by atoms with Crippen molar-refractivity contribution in [1.29, 1.82) is 0 Å². The summed E-state index contributed by atoms with van der Waals surface area (Å²) >= 11 is 0. The van der Waals surface area contributed by atoms with Crippen LogP contribution in [0.15, 0.2) is 0 Å². The normalized spacial score (nSPS) is 12.2. The lowest BCUT2D eigenvalue weighted by Gasteiger charge is -2.16. The van der Waals surface area contributed by atoms with Gasteiger partial charge in [0, 0.05) is 13.2 Å². The van der Waals surface area contributed by atoms with Crippen LogP contribution in [-0.4, -0.2) is 45.6 Å². The molecule has 0 fully saturated rings. The fourth-order valence-corrected chi connectivity index (χ4v) is 0.607. The Kier molecular flexibility index (Phi) is 4.06. The molecule has 0 aromatic carbocycles. The van der Waals surface area contributed by atoms with Gasteiger partial charge in [0.25, 0.3) is 0 Å². The largest absolute Gasteiger partial charge is 0.465 e. The Balaban J connectivity index is 4.14. The van der Waals surface area contributed by atoms with E-state index in [4.69, 9.17) is 15.3 Å². The Labute approximate surface area is 69.0 Å². The highest BCUT2D eigenvalue weighted by Crippen LogP contribution is 1.99. The van der Waals surface area contributed by atoms with Crippen LogP contribution in [0.25, 0.3) is 0 Å². The van der Waals surface area contributed by atoms with Crippen LogP contribution in [0.3, 0.4) is 0 Å². The summed E-state index contributed by atoms with van der Waals surface area (Å²) in [6, 6.07) is 0. The molecule has 0 saturated heterocycles. The van der Waals surface area contributed by atoms with E-state index >= 15 is 0 Å². The smallest absolute Gasteiger partial charge is 0.416 e. The van der Waals surface area contributed by atoms with E-state index in [9.17, 15) is 9.59 Å². The second kappa shape index (κ2) is 4.55. The van der Waals surface area contributed by atoms with Crippen LogP contribution in [0.1, 0.15) is 6.92 Å². The lowest BCUT2D eigenvalue weighted by atomic mass is 10.2. The fraction of sp³-hybridized carbons (Fsp3) is 0.667. The molecule has 0 spiro atoms. The molecule has 1 atom stereocenters. The third-order valence-electron chi connectivity index (χ3n) is 1.27. The third-order valence-corrected chi connectivity index (χ3v) is 1.27. The first-order chi connectivity index (χ1) is 5.49. The van der Waals surface area contributed by atoms with Crippen LogP contribution in [0.4, 0.5) is 9.59 Å². The molecule has 0 unspecified atom stereocenters. The monoisotopic (exact) mass is 177 g/mol. The lowest BCUT2D eigenvalue weighted by molar-refractivity contribution is 0.110. The fourth-order valence-electron chi connectivity index (χ4n) is 0.607. The second-order valence-corrected chi connectivity index (χ2v) is 2.46. The van der Waals surface area contributed by atoms with E-state index in [1.807, 2.05) is 0 Å². The number of carboxylic acid groups (broad SMARTS) is 2. The Bertz CT molecular complexity index is 167. The zero-order valence-corrected chi connectivity index (χ0v) is 6.60. The maximum Gasteiger partial charge on any atom is 0.416 e. The quantitative estimate of drug-likeness (QED) is 0.574. The third kappa shape index (κ3) is 3.20. The number of aliphatic hydroxyl groups is 1. The predicted molar refractivity (Wildman–Crippen MR) is 39.0 cm³/mol. The Hall–Kier alpha value is -1.30. The van der Waals surface area contributed by atoms with Gasteiger partial charge in [-0.2, -0.15) is 0 Å². The van der Waals surface area contributed by atoms with Crippen molar-refractivity contribution in [2.24, 2.45) is 5.92 Å². The summed E-state index contributed by atoms with van der Waals surface area (Å²) in [4.78, 5) is 20.7. The van der Waals surface area contributed by atoms with E-state index < -0.39 is 12.2 Å². The zero-order valence-electron chi connectivity index (χ0n) is 6.60. The molecule has 0 aliphatic heterocycles. The molecule has 12 heavy (non-hydrogen) atoms. The first kappa shape index (κ1) is 10.7. The minimum absolute atomic E-state index is 0.207. The van der Waals surface area contributed by atoms with Gasteiger partial charge in [-0.25, -0.2) is 14.5 Å². The number of hydrogen-bond acceptors (Lipinski definition) is 3. The van der Waals surface area contributed by atoms with E-state index in [0.29, 0.717) is 0 Å². The summed E-state index contributed by atoms with van der Waals surface area (Å²) in [6.07, 6.45) is -3.05.